The van der Waals surface area contributed by atoms with Crippen molar-refractivity contribution >= 4 is 23.0 Å². The van der Waals surface area contributed by atoms with Gasteiger partial charge < -0.3 is 10.4 Å². The topological polar surface area (TPSA) is 92.5 Å². The van der Waals surface area contributed by atoms with Crippen LogP contribution in [0.25, 0.3) is 0 Å². The first-order valence-electron chi connectivity index (χ1n) is 6.39. The zero-order chi connectivity index (χ0) is 15.4. The fourth-order valence-electron chi connectivity index (χ4n) is 1.96. The minimum absolute atomic E-state index is 0.133. The molecule has 0 atom stereocenters. The second kappa shape index (κ2) is 6.04. The lowest BCUT2D eigenvalue weighted by Crippen LogP contribution is -2.04. The first-order chi connectivity index (χ1) is 10.0. The Bertz CT molecular complexity index is 698. The molecule has 0 aliphatic heterocycles. The number of hydrogen-bond acceptors (Lipinski definition) is 4. The van der Waals surface area contributed by atoms with Gasteiger partial charge in [-0.2, -0.15) is 0 Å². The summed E-state index contributed by atoms with van der Waals surface area (Å²) in [5, 5.41) is 22.9. The van der Waals surface area contributed by atoms with E-state index in [1.165, 1.54) is 12.1 Å². The van der Waals surface area contributed by atoms with Crippen LogP contribution in [0.1, 0.15) is 22.8 Å². The van der Waals surface area contributed by atoms with Crippen molar-refractivity contribution < 1.29 is 14.8 Å². The molecule has 0 aliphatic carbocycles. The van der Waals surface area contributed by atoms with Crippen LogP contribution in [0.15, 0.2) is 42.5 Å². The fraction of sp³-hybridized carbons (Fsp3) is 0.133. The van der Waals surface area contributed by atoms with Crippen molar-refractivity contribution in [2.75, 3.05) is 5.32 Å². The number of carboxylic acid groups (broad SMARTS) is 1. The van der Waals surface area contributed by atoms with Crippen LogP contribution >= 0.6 is 0 Å². The van der Waals surface area contributed by atoms with Gasteiger partial charge in [-0.05, 0) is 30.2 Å². The zero-order valence-electron chi connectivity index (χ0n) is 11.4. The molecule has 2 N–H and O–H groups in total. The summed E-state index contributed by atoms with van der Waals surface area (Å²) in [6.07, 6.45) is 0.863. The molecule has 2 rings (SSSR count). The SMILES string of the molecule is CCc1cccc(Nc2ccc([N+](=O)[O-])cc2C(=O)O)c1. The van der Waals surface area contributed by atoms with Crippen LogP contribution < -0.4 is 5.32 Å². The Hall–Kier alpha value is -2.89. The number of rotatable bonds is 5. The fourth-order valence-corrected chi connectivity index (χ4v) is 1.96. The molecule has 0 radical (unpaired) electrons. The highest BCUT2D eigenvalue weighted by atomic mass is 16.6. The molecule has 108 valence electrons. The summed E-state index contributed by atoms with van der Waals surface area (Å²) in [4.78, 5) is 21.4. The molecule has 0 bridgehead atoms. The lowest BCUT2D eigenvalue weighted by atomic mass is 10.1. The number of hydrogen-bond donors (Lipinski definition) is 2. The molecule has 6 nitrogen and oxygen atoms in total. The van der Waals surface area contributed by atoms with Gasteiger partial charge in [0.1, 0.15) is 0 Å². The molecule has 0 saturated heterocycles. The average Bonchev–Trinajstić information content (AvgIpc) is 2.47. The summed E-state index contributed by atoms with van der Waals surface area (Å²) in [5.41, 5.74) is 1.79. The number of carbonyl (C=O) groups is 1. The Kier molecular flexibility index (Phi) is 4.18. The van der Waals surface area contributed by atoms with E-state index in [2.05, 4.69) is 5.32 Å². The van der Waals surface area contributed by atoms with Crippen LogP contribution in [0.4, 0.5) is 17.1 Å². The van der Waals surface area contributed by atoms with Gasteiger partial charge in [-0.3, -0.25) is 10.1 Å². The number of aromatic carboxylic acids is 1. The lowest BCUT2D eigenvalue weighted by Gasteiger charge is -2.10. The standard InChI is InChI=1S/C15H14N2O4/c1-2-10-4-3-5-11(8-10)16-14-7-6-12(17(20)21)9-13(14)15(18)19/h3-9,16H,2H2,1H3,(H,18,19). The third-order valence-electron chi connectivity index (χ3n) is 3.06. The Morgan fingerprint density at radius 2 is 2.05 bits per heavy atom. The summed E-state index contributed by atoms with van der Waals surface area (Å²) in [6, 6.07) is 11.3. The number of non-ortho nitro benzene ring substituents is 1. The number of aryl methyl sites for hydroxylation is 1. The predicted octanol–water partition coefficient (Wildman–Crippen LogP) is 3.60. The van der Waals surface area contributed by atoms with E-state index >= 15 is 0 Å². The molecule has 0 amide bonds. The van der Waals surface area contributed by atoms with Crippen molar-refractivity contribution in [2.24, 2.45) is 0 Å². The van der Waals surface area contributed by atoms with Gasteiger partial charge in [0.25, 0.3) is 5.69 Å². The minimum Gasteiger partial charge on any atom is -0.478 e. The first-order valence-corrected chi connectivity index (χ1v) is 6.39. The van der Waals surface area contributed by atoms with Crippen molar-refractivity contribution in [3.8, 4) is 0 Å². The van der Waals surface area contributed by atoms with E-state index in [1.807, 2.05) is 31.2 Å². The minimum atomic E-state index is -1.21. The Balaban J connectivity index is 2.38. The molecule has 0 heterocycles. The number of benzene rings is 2. The highest BCUT2D eigenvalue weighted by molar-refractivity contribution is 5.96. The van der Waals surface area contributed by atoms with E-state index in [0.29, 0.717) is 5.69 Å². The van der Waals surface area contributed by atoms with E-state index in [1.54, 1.807) is 0 Å². The van der Waals surface area contributed by atoms with E-state index in [-0.39, 0.29) is 11.3 Å². The summed E-state index contributed by atoms with van der Waals surface area (Å²) in [6.45, 7) is 2.02. The highest BCUT2D eigenvalue weighted by Gasteiger charge is 2.16. The number of nitro benzene ring substituents is 1. The summed E-state index contributed by atoms with van der Waals surface area (Å²) < 4.78 is 0. The van der Waals surface area contributed by atoms with Crippen molar-refractivity contribution in [2.45, 2.75) is 13.3 Å². The highest BCUT2D eigenvalue weighted by Crippen LogP contribution is 2.26. The monoisotopic (exact) mass is 286 g/mol. The molecule has 0 spiro atoms. The van der Waals surface area contributed by atoms with Crippen LogP contribution in [-0.2, 0) is 6.42 Å². The van der Waals surface area contributed by atoms with Gasteiger partial charge in [0.2, 0.25) is 0 Å². The van der Waals surface area contributed by atoms with E-state index in [0.717, 1.165) is 23.7 Å². The maximum atomic E-state index is 11.2. The van der Waals surface area contributed by atoms with Gasteiger partial charge in [0.05, 0.1) is 16.2 Å². The number of anilines is 2. The maximum absolute atomic E-state index is 11.2. The van der Waals surface area contributed by atoms with Gasteiger partial charge in [0, 0.05) is 17.8 Å². The normalized spacial score (nSPS) is 10.1. The average molecular weight is 286 g/mol. The largest absolute Gasteiger partial charge is 0.478 e. The second-order valence-corrected chi connectivity index (χ2v) is 4.47. The summed E-state index contributed by atoms with van der Waals surface area (Å²) >= 11 is 0. The molecule has 0 unspecified atom stereocenters. The van der Waals surface area contributed by atoms with Crippen LogP contribution in [0.2, 0.25) is 0 Å². The van der Waals surface area contributed by atoms with Gasteiger partial charge in [-0.25, -0.2) is 4.79 Å². The quantitative estimate of drug-likeness (QED) is 0.647. The van der Waals surface area contributed by atoms with Crippen molar-refractivity contribution in [1.29, 1.82) is 0 Å². The number of carboxylic acids is 1. The molecular formula is C15H14N2O4. The third-order valence-corrected chi connectivity index (χ3v) is 3.06. The van der Waals surface area contributed by atoms with Crippen molar-refractivity contribution in [3.05, 3.63) is 63.7 Å². The maximum Gasteiger partial charge on any atom is 0.338 e. The predicted molar refractivity (Wildman–Crippen MR) is 79.2 cm³/mol. The molecular weight excluding hydrogens is 272 g/mol. The molecule has 21 heavy (non-hydrogen) atoms. The summed E-state index contributed by atoms with van der Waals surface area (Å²) in [7, 11) is 0. The lowest BCUT2D eigenvalue weighted by molar-refractivity contribution is -0.384. The number of nitro groups is 1. The molecule has 0 fully saturated rings. The smallest absolute Gasteiger partial charge is 0.338 e. The van der Waals surface area contributed by atoms with Crippen molar-refractivity contribution in [3.63, 3.8) is 0 Å². The van der Waals surface area contributed by atoms with Crippen LogP contribution in [0.5, 0.6) is 0 Å². The van der Waals surface area contributed by atoms with Crippen LogP contribution in [0.3, 0.4) is 0 Å². The Morgan fingerprint density at radius 1 is 1.29 bits per heavy atom. The summed E-state index contributed by atoms with van der Waals surface area (Å²) in [5.74, 6) is -1.21. The first kappa shape index (κ1) is 14.5. The number of nitrogens with zero attached hydrogens (tertiary/aromatic N) is 1. The van der Waals surface area contributed by atoms with Crippen LogP contribution in [0, 0.1) is 10.1 Å². The molecule has 2 aromatic carbocycles. The van der Waals surface area contributed by atoms with Gasteiger partial charge in [-0.1, -0.05) is 19.1 Å². The molecule has 0 saturated carbocycles. The van der Waals surface area contributed by atoms with Gasteiger partial charge >= 0.3 is 5.97 Å². The second-order valence-electron chi connectivity index (χ2n) is 4.47. The number of nitrogens with one attached hydrogen (secondary N) is 1. The molecule has 0 aromatic heterocycles. The van der Waals surface area contributed by atoms with E-state index in [4.69, 9.17) is 0 Å². The van der Waals surface area contributed by atoms with Crippen LogP contribution in [-0.4, -0.2) is 16.0 Å². The Labute approximate surface area is 121 Å². The third kappa shape index (κ3) is 3.36. The van der Waals surface area contributed by atoms with E-state index < -0.39 is 10.9 Å². The Morgan fingerprint density at radius 3 is 2.67 bits per heavy atom. The molecule has 6 heteroatoms. The van der Waals surface area contributed by atoms with Gasteiger partial charge in [-0.15, -0.1) is 0 Å². The van der Waals surface area contributed by atoms with Crippen molar-refractivity contribution in [1.82, 2.24) is 0 Å². The van der Waals surface area contributed by atoms with Gasteiger partial charge in [0.15, 0.2) is 0 Å². The van der Waals surface area contributed by atoms with E-state index in [9.17, 15) is 20.0 Å². The molecule has 0 aliphatic rings. The zero-order valence-corrected chi connectivity index (χ0v) is 11.4. The molecule has 2 aromatic rings.